The van der Waals surface area contributed by atoms with Gasteiger partial charge in [0.15, 0.2) is 0 Å². The van der Waals surface area contributed by atoms with E-state index >= 15 is 0 Å². The van der Waals surface area contributed by atoms with Crippen molar-refractivity contribution in [3.05, 3.63) is 69.5 Å². The molecule has 2 aromatic rings. The van der Waals surface area contributed by atoms with Gasteiger partial charge in [-0.2, -0.15) is 0 Å². The number of benzene rings is 2. The maximum absolute atomic E-state index is 13.7. The summed E-state index contributed by atoms with van der Waals surface area (Å²) in [4.78, 5) is 28.3. The number of halogens is 3. The van der Waals surface area contributed by atoms with Crippen molar-refractivity contribution in [1.82, 2.24) is 20.4 Å². The molecule has 0 bridgehead atoms. The Morgan fingerprint density at radius 3 is 2.47 bits per heavy atom. The predicted octanol–water partition coefficient (Wildman–Crippen LogP) is 2.55. The summed E-state index contributed by atoms with van der Waals surface area (Å²) in [6.45, 7) is 3.51. The minimum Gasteiger partial charge on any atom is -0.378 e. The molecule has 184 valence electrons. The second kappa shape index (κ2) is 13.0. The Bertz CT molecular complexity index is 986. The van der Waals surface area contributed by atoms with Crippen LogP contribution in [0.5, 0.6) is 0 Å². The van der Waals surface area contributed by atoms with E-state index in [4.69, 9.17) is 23.2 Å². The zero-order chi connectivity index (χ0) is 24.5. The molecule has 1 aliphatic rings. The molecule has 2 aromatic carbocycles. The van der Waals surface area contributed by atoms with Crippen LogP contribution in [0.1, 0.15) is 22.3 Å². The summed E-state index contributed by atoms with van der Waals surface area (Å²) in [7, 11) is 0. The molecule has 0 saturated carbocycles. The number of hydrogen-bond acceptors (Lipinski definition) is 5. The standard InChI is InChI=1S/C24H29Cl2FN4O3/c25-18-6-5-17(20(26)15-18)7-9-28-22(32)16-30-11-13-31(14-12-30)23(33)8-10-29-24(34)19-3-1-2-4-21(19)27/h1-6,15,23,33H,7-14,16H2,(H,28,32)(H,29,34). The van der Waals surface area contributed by atoms with Crippen molar-refractivity contribution in [1.29, 1.82) is 0 Å². The van der Waals surface area contributed by atoms with Gasteiger partial charge in [0.05, 0.1) is 12.1 Å². The topological polar surface area (TPSA) is 84.9 Å². The largest absolute Gasteiger partial charge is 0.378 e. The van der Waals surface area contributed by atoms with Crippen molar-refractivity contribution in [3.8, 4) is 0 Å². The highest BCUT2D eigenvalue weighted by Gasteiger charge is 2.23. The van der Waals surface area contributed by atoms with Crippen LogP contribution in [-0.4, -0.2) is 78.8 Å². The lowest BCUT2D eigenvalue weighted by Crippen LogP contribution is -2.52. The fourth-order valence-corrected chi connectivity index (χ4v) is 4.28. The third-order valence-corrected chi connectivity index (χ3v) is 6.32. The summed E-state index contributed by atoms with van der Waals surface area (Å²) in [5.41, 5.74) is 0.916. The Morgan fingerprint density at radius 2 is 1.76 bits per heavy atom. The van der Waals surface area contributed by atoms with Gasteiger partial charge >= 0.3 is 0 Å². The molecule has 3 N–H and O–H groups in total. The number of nitrogens with zero attached hydrogens (tertiary/aromatic N) is 2. The molecule has 3 rings (SSSR count). The van der Waals surface area contributed by atoms with Crippen molar-refractivity contribution in [2.75, 3.05) is 45.8 Å². The number of piperazine rings is 1. The van der Waals surface area contributed by atoms with Gasteiger partial charge in [-0.25, -0.2) is 4.39 Å². The first-order valence-corrected chi connectivity index (χ1v) is 12.0. The molecule has 1 fully saturated rings. The lowest BCUT2D eigenvalue weighted by Gasteiger charge is -2.36. The molecule has 1 saturated heterocycles. The first kappa shape index (κ1) is 26.4. The first-order chi connectivity index (χ1) is 16.3. The van der Waals surface area contributed by atoms with Crippen LogP contribution in [0, 0.1) is 5.82 Å². The fourth-order valence-electron chi connectivity index (χ4n) is 3.78. The minimum atomic E-state index is -0.721. The Morgan fingerprint density at radius 1 is 1.03 bits per heavy atom. The van der Waals surface area contributed by atoms with Crippen molar-refractivity contribution < 1.29 is 19.1 Å². The van der Waals surface area contributed by atoms with Gasteiger partial charge in [-0.3, -0.25) is 19.4 Å². The maximum Gasteiger partial charge on any atom is 0.254 e. The molecular formula is C24H29Cl2FN4O3. The molecule has 34 heavy (non-hydrogen) atoms. The first-order valence-electron chi connectivity index (χ1n) is 11.2. The lowest BCUT2D eigenvalue weighted by atomic mass is 10.1. The number of aliphatic hydroxyl groups is 1. The predicted molar refractivity (Wildman–Crippen MR) is 131 cm³/mol. The van der Waals surface area contributed by atoms with Crippen molar-refractivity contribution in [3.63, 3.8) is 0 Å². The molecule has 0 aromatic heterocycles. The van der Waals surface area contributed by atoms with E-state index < -0.39 is 18.0 Å². The van der Waals surface area contributed by atoms with Gasteiger partial charge in [-0.05, 0) is 36.2 Å². The molecule has 0 aliphatic carbocycles. The highest BCUT2D eigenvalue weighted by Crippen LogP contribution is 2.21. The van der Waals surface area contributed by atoms with Crippen LogP contribution >= 0.6 is 23.2 Å². The highest BCUT2D eigenvalue weighted by atomic mass is 35.5. The lowest BCUT2D eigenvalue weighted by molar-refractivity contribution is -0.123. The summed E-state index contributed by atoms with van der Waals surface area (Å²) in [5, 5.41) is 17.1. The summed E-state index contributed by atoms with van der Waals surface area (Å²) in [5.74, 6) is -1.14. The molecule has 0 radical (unpaired) electrons. The zero-order valence-electron chi connectivity index (χ0n) is 18.8. The van der Waals surface area contributed by atoms with Crippen LogP contribution in [0.2, 0.25) is 10.0 Å². The molecule has 7 nitrogen and oxygen atoms in total. The van der Waals surface area contributed by atoms with Crippen LogP contribution in [0.25, 0.3) is 0 Å². The Balaban J connectivity index is 1.30. The number of aliphatic hydroxyl groups excluding tert-OH is 1. The van der Waals surface area contributed by atoms with Crippen molar-refractivity contribution in [2.45, 2.75) is 19.1 Å². The van der Waals surface area contributed by atoms with Gasteiger partial charge in [-0.15, -0.1) is 0 Å². The summed E-state index contributed by atoms with van der Waals surface area (Å²) in [6.07, 6.45) is 0.226. The smallest absolute Gasteiger partial charge is 0.254 e. The van der Waals surface area contributed by atoms with Gasteiger partial charge in [0.25, 0.3) is 5.91 Å². The van der Waals surface area contributed by atoms with E-state index in [2.05, 4.69) is 10.6 Å². The molecule has 0 spiro atoms. The number of carbonyl (C=O) groups excluding carboxylic acids is 2. The van der Waals surface area contributed by atoms with Crippen LogP contribution in [-0.2, 0) is 11.2 Å². The van der Waals surface area contributed by atoms with Crippen molar-refractivity contribution in [2.24, 2.45) is 0 Å². The highest BCUT2D eigenvalue weighted by molar-refractivity contribution is 6.35. The van der Waals surface area contributed by atoms with Crippen molar-refractivity contribution >= 4 is 35.0 Å². The summed E-state index contributed by atoms with van der Waals surface area (Å²) < 4.78 is 13.7. The Labute approximate surface area is 208 Å². The van der Waals surface area contributed by atoms with E-state index in [1.807, 2.05) is 15.9 Å². The van der Waals surface area contributed by atoms with Gasteiger partial charge in [0.1, 0.15) is 12.0 Å². The molecule has 1 heterocycles. The normalized spacial score (nSPS) is 15.6. The van der Waals surface area contributed by atoms with Crippen LogP contribution in [0.15, 0.2) is 42.5 Å². The molecular weight excluding hydrogens is 482 g/mol. The number of hydrogen-bond donors (Lipinski definition) is 3. The van der Waals surface area contributed by atoms with Gasteiger partial charge in [-0.1, -0.05) is 41.4 Å². The van der Waals surface area contributed by atoms with Crippen LogP contribution in [0.4, 0.5) is 4.39 Å². The number of carbonyl (C=O) groups is 2. The minimum absolute atomic E-state index is 0.0138. The Kier molecular flexibility index (Phi) is 10.1. The number of amides is 2. The second-order valence-corrected chi connectivity index (χ2v) is 9.00. The van der Waals surface area contributed by atoms with Crippen LogP contribution in [0.3, 0.4) is 0 Å². The molecule has 10 heteroatoms. The molecule has 1 aliphatic heterocycles. The molecule has 1 unspecified atom stereocenters. The number of nitrogens with one attached hydrogen (secondary N) is 2. The van der Waals surface area contributed by atoms with Crippen LogP contribution < -0.4 is 10.6 Å². The van der Waals surface area contributed by atoms with E-state index in [-0.39, 0.29) is 24.6 Å². The number of rotatable bonds is 10. The third-order valence-electron chi connectivity index (χ3n) is 5.73. The summed E-state index contributed by atoms with van der Waals surface area (Å²) in [6, 6.07) is 11.1. The average molecular weight is 511 g/mol. The maximum atomic E-state index is 13.7. The average Bonchev–Trinajstić information content (AvgIpc) is 2.81. The quantitative estimate of drug-likeness (QED) is 0.457. The van der Waals surface area contributed by atoms with E-state index in [1.54, 1.807) is 18.2 Å². The SMILES string of the molecule is O=C(CN1CCN(C(O)CCNC(=O)c2ccccc2F)CC1)NCCc1ccc(Cl)cc1Cl. The van der Waals surface area contributed by atoms with E-state index in [1.165, 1.54) is 18.2 Å². The fraction of sp³-hybridized carbons (Fsp3) is 0.417. The summed E-state index contributed by atoms with van der Waals surface area (Å²) >= 11 is 12.1. The third kappa shape index (κ3) is 7.92. The Hall–Kier alpha value is -2.23. The molecule has 2 amide bonds. The van der Waals surface area contributed by atoms with Gasteiger partial charge in [0.2, 0.25) is 5.91 Å². The van der Waals surface area contributed by atoms with Gasteiger partial charge < -0.3 is 15.7 Å². The zero-order valence-corrected chi connectivity index (χ0v) is 20.3. The monoisotopic (exact) mass is 510 g/mol. The van der Waals surface area contributed by atoms with E-state index in [0.717, 1.165) is 5.56 Å². The molecule has 1 atom stereocenters. The van der Waals surface area contributed by atoms with E-state index in [0.29, 0.717) is 55.6 Å². The van der Waals surface area contributed by atoms with E-state index in [9.17, 15) is 19.1 Å². The second-order valence-electron chi connectivity index (χ2n) is 8.15. The van der Waals surface area contributed by atoms with Gasteiger partial charge in [0, 0.05) is 55.7 Å².